The highest BCUT2D eigenvalue weighted by molar-refractivity contribution is 7.12. The van der Waals surface area contributed by atoms with E-state index in [0.29, 0.717) is 37.5 Å². The number of carbonyl (C=O) groups is 2. The van der Waals surface area contributed by atoms with Crippen LogP contribution in [0.3, 0.4) is 0 Å². The number of aryl methyl sites for hydroxylation is 1. The number of carbonyl (C=O) groups excluding carboxylic acids is 2. The van der Waals surface area contributed by atoms with Gasteiger partial charge in [0.15, 0.2) is 0 Å². The Morgan fingerprint density at radius 2 is 1.62 bits per heavy atom. The van der Waals surface area contributed by atoms with Crippen LogP contribution in [0, 0.1) is 11.6 Å². The van der Waals surface area contributed by atoms with Gasteiger partial charge in [-0.3, -0.25) is 9.59 Å². The van der Waals surface area contributed by atoms with Crippen LogP contribution in [0.25, 0.3) is 22.2 Å². The third-order valence-corrected chi connectivity index (χ3v) is 7.10. The number of thiophene rings is 1. The van der Waals surface area contributed by atoms with Crippen LogP contribution in [-0.2, 0) is 11.2 Å². The summed E-state index contributed by atoms with van der Waals surface area (Å²) in [6.45, 7) is 1.98. The van der Waals surface area contributed by atoms with Gasteiger partial charge in [0, 0.05) is 49.2 Å². The molecule has 1 saturated heterocycles. The molecule has 8 heteroatoms. The molecule has 5 rings (SSSR count). The van der Waals surface area contributed by atoms with Gasteiger partial charge in [0.2, 0.25) is 5.91 Å². The highest BCUT2D eigenvalue weighted by Gasteiger charge is 2.25. The molecule has 0 radical (unpaired) electrons. The lowest BCUT2D eigenvalue weighted by Gasteiger charge is -2.34. The van der Waals surface area contributed by atoms with Gasteiger partial charge in [-0.2, -0.15) is 0 Å². The Balaban J connectivity index is 1.29. The van der Waals surface area contributed by atoms with Crippen LogP contribution in [0.15, 0.2) is 60.0 Å². The third kappa shape index (κ3) is 4.46. The van der Waals surface area contributed by atoms with Crippen molar-refractivity contribution in [2.75, 3.05) is 26.2 Å². The molecule has 1 fully saturated rings. The van der Waals surface area contributed by atoms with Crippen LogP contribution in [-0.4, -0.2) is 52.8 Å². The predicted molar refractivity (Wildman–Crippen MR) is 129 cm³/mol. The van der Waals surface area contributed by atoms with Crippen LogP contribution in [0.5, 0.6) is 0 Å². The first-order chi connectivity index (χ1) is 16.5. The summed E-state index contributed by atoms with van der Waals surface area (Å²) in [6, 6.07) is 14.3. The highest BCUT2D eigenvalue weighted by Crippen LogP contribution is 2.32. The first kappa shape index (κ1) is 22.3. The number of amides is 2. The average Bonchev–Trinajstić information content (AvgIpc) is 3.51. The lowest BCUT2D eigenvalue weighted by Crippen LogP contribution is -2.50. The molecule has 0 aliphatic carbocycles. The van der Waals surface area contributed by atoms with Crippen molar-refractivity contribution >= 4 is 34.1 Å². The van der Waals surface area contributed by atoms with Gasteiger partial charge >= 0.3 is 0 Å². The van der Waals surface area contributed by atoms with Crippen molar-refractivity contribution in [2.24, 2.45) is 0 Å². The zero-order valence-electron chi connectivity index (χ0n) is 18.4. The van der Waals surface area contributed by atoms with Gasteiger partial charge in [-0.15, -0.1) is 11.3 Å². The van der Waals surface area contributed by atoms with E-state index in [2.05, 4.69) is 4.98 Å². The smallest absolute Gasteiger partial charge is 0.264 e. The standard InChI is InChI=1S/C26H23F2N3O2S/c27-18-5-3-17(4-6-18)25-20(21-16-19(28)7-9-22(21)29-25)8-10-24(32)30-11-13-31(14-12-30)26(33)23-2-1-15-34-23/h1-7,9,15-16,29H,8,10-14H2. The van der Waals surface area contributed by atoms with E-state index in [9.17, 15) is 18.4 Å². The number of H-pyrrole nitrogens is 1. The molecule has 1 N–H and O–H groups in total. The Kier molecular flexibility index (Phi) is 6.15. The minimum Gasteiger partial charge on any atom is -0.354 e. The minimum absolute atomic E-state index is 0.000897. The number of piperazine rings is 1. The van der Waals surface area contributed by atoms with Crippen LogP contribution in [0.1, 0.15) is 21.7 Å². The molecule has 2 amide bonds. The maximum absolute atomic E-state index is 14.0. The summed E-state index contributed by atoms with van der Waals surface area (Å²) in [5.41, 5.74) is 3.14. The average molecular weight is 480 g/mol. The summed E-state index contributed by atoms with van der Waals surface area (Å²) in [6.07, 6.45) is 0.680. The van der Waals surface area contributed by atoms with Crippen molar-refractivity contribution in [3.05, 3.63) is 82.1 Å². The summed E-state index contributed by atoms with van der Waals surface area (Å²) >= 11 is 1.42. The fraction of sp³-hybridized carbons (Fsp3) is 0.231. The Labute approximate surface area is 199 Å². The number of halogens is 2. The van der Waals surface area contributed by atoms with E-state index in [1.807, 2.05) is 17.5 Å². The SMILES string of the molecule is O=C(CCc1c(-c2ccc(F)cc2)[nH]c2ccc(F)cc12)N1CCN(C(=O)c2cccs2)CC1. The molecule has 0 spiro atoms. The van der Waals surface area contributed by atoms with E-state index in [1.165, 1.54) is 35.6 Å². The van der Waals surface area contributed by atoms with E-state index in [4.69, 9.17) is 0 Å². The first-order valence-corrected chi connectivity index (χ1v) is 12.0. The molecule has 0 saturated carbocycles. The predicted octanol–water partition coefficient (Wildman–Crippen LogP) is 5.09. The molecule has 34 heavy (non-hydrogen) atoms. The summed E-state index contributed by atoms with van der Waals surface area (Å²) in [5.74, 6) is -0.679. The monoisotopic (exact) mass is 479 g/mol. The molecule has 5 nitrogen and oxygen atoms in total. The Bertz CT molecular complexity index is 1320. The van der Waals surface area contributed by atoms with Gasteiger partial charge in [0.05, 0.1) is 4.88 Å². The number of benzene rings is 2. The number of nitrogens with one attached hydrogen (secondary N) is 1. The molecule has 2 aromatic heterocycles. The Hall–Kier alpha value is -3.52. The Morgan fingerprint density at radius 3 is 2.32 bits per heavy atom. The molecule has 4 aromatic rings. The van der Waals surface area contributed by atoms with Crippen LogP contribution in [0.4, 0.5) is 8.78 Å². The number of aromatic amines is 1. The topological polar surface area (TPSA) is 56.4 Å². The van der Waals surface area contributed by atoms with Crippen LogP contribution >= 0.6 is 11.3 Å². The zero-order valence-corrected chi connectivity index (χ0v) is 19.2. The van der Waals surface area contributed by atoms with E-state index < -0.39 is 0 Å². The number of fused-ring (bicyclic) bond motifs is 1. The number of rotatable bonds is 5. The fourth-order valence-electron chi connectivity index (χ4n) is 4.45. The number of aromatic nitrogens is 1. The summed E-state index contributed by atoms with van der Waals surface area (Å²) in [7, 11) is 0. The summed E-state index contributed by atoms with van der Waals surface area (Å²) < 4.78 is 27.4. The van der Waals surface area contributed by atoms with Gasteiger partial charge < -0.3 is 14.8 Å². The fourth-order valence-corrected chi connectivity index (χ4v) is 5.14. The van der Waals surface area contributed by atoms with Gasteiger partial charge in [-0.1, -0.05) is 6.07 Å². The summed E-state index contributed by atoms with van der Waals surface area (Å²) in [4.78, 5) is 33.1. The van der Waals surface area contributed by atoms with Crippen LogP contribution < -0.4 is 0 Å². The number of nitrogens with zero attached hydrogens (tertiary/aromatic N) is 2. The summed E-state index contributed by atoms with van der Waals surface area (Å²) in [5, 5.41) is 2.60. The van der Waals surface area contributed by atoms with Crippen molar-refractivity contribution < 1.29 is 18.4 Å². The second-order valence-corrected chi connectivity index (χ2v) is 9.27. The van der Waals surface area contributed by atoms with E-state index in [1.54, 1.807) is 28.0 Å². The molecular weight excluding hydrogens is 456 g/mol. The van der Waals surface area contributed by atoms with Crippen molar-refractivity contribution in [2.45, 2.75) is 12.8 Å². The lowest BCUT2D eigenvalue weighted by atomic mass is 10.0. The largest absolute Gasteiger partial charge is 0.354 e. The second kappa shape index (κ2) is 9.38. The molecule has 0 atom stereocenters. The van der Waals surface area contributed by atoms with Crippen molar-refractivity contribution in [3.63, 3.8) is 0 Å². The quantitative estimate of drug-likeness (QED) is 0.433. The number of hydrogen-bond donors (Lipinski definition) is 1. The van der Waals surface area contributed by atoms with Gasteiger partial charge in [-0.05, 0) is 71.5 Å². The second-order valence-electron chi connectivity index (χ2n) is 8.33. The zero-order chi connectivity index (χ0) is 23.7. The molecule has 0 unspecified atom stereocenters. The van der Waals surface area contributed by atoms with Gasteiger partial charge in [-0.25, -0.2) is 8.78 Å². The first-order valence-electron chi connectivity index (χ1n) is 11.2. The van der Waals surface area contributed by atoms with E-state index in [-0.39, 0.29) is 29.9 Å². The van der Waals surface area contributed by atoms with Crippen LogP contribution in [0.2, 0.25) is 0 Å². The normalized spacial score (nSPS) is 14.1. The molecule has 3 heterocycles. The maximum atomic E-state index is 14.0. The molecule has 1 aliphatic rings. The van der Waals surface area contributed by atoms with Gasteiger partial charge in [0.1, 0.15) is 11.6 Å². The van der Waals surface area contributed by atoms with E-state index >= 15 is 0 Å². The molecule has 0 bridgehead atoms. The van der Waals surface area contributed by atoms with Crippen molar-refractivity contribution in [1.29, 1.82) is 0 Å². The van der Waals surface area contributed by atoms with E-state index in [0.717, 1.165) is 27.7 Å². The van der Waals surface area contributed by atoms with Crippen molar-refractivity contribution in [1.82, 2.24) is 14.8 Å². The number of hydrogen-bond acceptors (Lipinski definition) is 3. The third-order valence-electron chi connectivity index (χ3n) is 6.24. The molecule has 2 aromatic carbocycles. The molecular formula is C26H23F2N3O2S. The Morgan fingerprint density at radius 1 is 0.912 bits per heavy atom. The van der Waals surface area contributed by atoms with Gasteiger partial charge in [0.25, 0.3) is 5.91 Å². The highest BCUT2D eigenvalue weighted by atomic mass is 32.1. The van der Waals surface area contributed by atoms with Crippen molar-refractivity contribution in [3.8, 4) is 11.3 Å². The molecule has 174 valence electrons. The molecule has 1 aliphatic heterocycles. The minimum atomic E-state index is -0.351. The maximum Gasteiger partial charge on any atom is 0.264 e. The lowest BCUT2D eigenvalue weighted by molar-refractivity contribution is -0.132.